The molecule has 5 heteroatoms. The molecule has 4 nitrogen and oxygen atoms in total. The average molecular weight is 150 g/mol. The first-order valence-corrected chi connectivity index (χ1v) is 3.99. The molecule has 0 aliphatic rings. The Labute approximate surface area is 56.0 Å². The van der Waals surface area contributed by atoms with E-state index in [1.807, 2.05) is 0 Å². The van der Waals surface area contributed by atoms with Crippen molar-refractivity contribution in [2.24, 2.45) is 11.5 Å². The standard InChI is InChI=1S/C4H10N2O2S/c5-1-2-9(8)3-4(6)7/h1-3,5H2,(H2,6,7). The topological polar surface area (TPSA) is 86.2 Å². The van der Waals surface area contributed by atoms with Crippen LogP contribution in [0, 0.1) is 0 Å². The molecule has 0 saturated carbocycles. The summed E-state index contributed by atoms with van der Waals surface area (Å²) in [5.41, 5.74) is 9.81. The highest BCUT2D eigenvalue weighted by Crippen LogP contribution is 1.77. The maximum atomic E-state index is 10.6. The van der Waals surface area contributed by atoms with Crippen LogP contribution in [0.4, 0.5) is 0 Å². The number of amides is 1. The highest BCUT2D eigenvalue weighted by molar-refractivity contribution is 7.85. The monoisotopic (exact) mass is 150 g/mol. The van der Waals surface area contributed by atoms with Crippen LogP contribution in [-0.2, 0) is 15.6 Å². The van der Waals surface area contributed by atoms with Gasteiger partial charge in [-0.15, -0.1) is 0 Å². The summed E-state index contributed by atoms with van der Waals surface area (Å²) in [4.78, 5) is 10.1. The highest BCUT2D eigenvalue weighted by Gasteiger charge is 2.00. The molecule has 0 heterocycles. The van der Waals surface area contributed by atoms with Crippen LogP contribution < -0.4 is 11.5 Å². The van der Waals surface area contributed by atoms with E-state index in [9.17, 15) is 9.00 Å². The molecule has 0 aliphatic heterocycles. The van der Waals surface area contributed by atoms with E-state index in [-0.39, 0.29) is 5.75 Å². The molecule has 1 atom stereocenters. The molecule has 0 spiro atoms. The van der Waals surface area contributed by atoms with Crippen molar-refractivity contribution in [3.05, 3.63) is 0 Å². The van der Waals surface area contributed by atoms with E-state index in [1.165, 1.54) is 0 Å². The Kier molecular flexibility index (Phi) is 4.25. The van der Waals surface area contributed by atoms with E-state index in [0.29, 0.717) is 12.3 Å². The molecule has 0 fully saturated rings. The lowest BCUT2D eigenvalue weighted by atomic mass is 10.8. The third kappa shape index (κ3) is 5.45. The van der Waals surface area contributed by atoms with Gasteiger partial charge in [0.2, 0.25) is 5.91 Å². The Morgan fingerprint density at radius 3 is 2.44 bits per heavy atom. The van der Waals surface area contributed by atoms with Crippen LogP contribution in [0.3, 0.4) is 0 Å². The molecule has 0 saturated heterocycles. The molecule has 0 rings (SSSR count). The van der Waals surface area contributed by atoms with Gasteiger partial charge in [0.25, 0.3) is 0 Å². The first kappa shape index (κ1) is 8.58. The third-order valence-corrected chi connectivity index (χ3v) is 1.95. The van der Waals surface area contributed by atoms with Gasteiger partial charge in [0.05, 0.1) is 0 Å². The predicted octanol–water partition coefficient (Wildman–Crippen LogP) is -1.82. The van der Waals surface area contributed by atoms with Gasteiger partial charge in [-0.25, -0.2) is 0 Å². The quantitative estimate of drug-likeness (QED) is 0.494. The lowest BCUT2D eigenvalue weighted by Crippen LogP contribution is -2.23. The van der Waals surface area contributed by atoms with Crippen molar-refractivity contribution in [1.82, 2.24) is 0 Å². The second-order valence-corrected chi connectivity index (χ2v) is 3.12. The van der Waals surface area contributed by atoms with Gasteiger partial charge in [-0.1, -0.05) is 0 Å². The zero-order valence-electron chi connectivity index (χ0n) is 5.00. The summed E-state index contributed by atoms with van der Waals surface area (Å²) in [6.45, 7) is 0.333. The van der Waals surface area contributed by atoms with Gasteiger partial charge in [-0.2, -0.15) is 0 Å². The summed E-state index contributed by atoms with van der Waals surface area (Å²) < 4.78 is 10.6. The Balaban J connectivity index is 3.39. The minimum absolute atomic E-state index is 0.0722. The van der Waals surface area contributed by atoms with E-state index in [1.54, 1.807) is 0 Å². The fraction of sp³-hybridized carbons (Fsp3) is 0.750. The summed E-state index contributed by atoms with van der Waals surface area (Å²) in [5, 5.41) is 0. The number of nitrogens with two attached hydrogens (primary N) is 2. The Morgan fingerprint density at radius 2 is 2.11 bits per heavy atom. The summed E-state index contributed by atoms with van der Waals surface area (Å²) in [5.74, 6) is -0.262. The van der Waals surface area contributed by atoms with E-state index < -0.39 is 16.7 Å². The summed E-state index contributed by atoms with van der Waals surface area (Å²) in [6, 6.07) is 0. The molecule has 0 aromatic rings. The molecule has 0 aromatic heterocycles. The van der Waals surface area contributed by atoms with Crippen molar-refractivity contribution >= 4 is 16.7 Å². The van der Waals surface area contributed by atoms with Gasteiger partial charge in [0.1, 0.15) is 5.75 Å². The summed E-state index contributed by atoms with van der Waals surface area (Å²) in [6.07, 6.45) is 0. The second kappa shape index (κ2) is 4.46. The van der Waals surface area contributed by atoms with Gasteiger partial charge in [0, 0.05) is 23.1 Å². The Morgan fingerprint density at radius 1 is 1.56 bits per heavy atom. The van der Waals surface area contributed by atoms with Gasteiger partial charge >= 0.3 is 0 Å². The molecule has 0 bridgehead atoms. The van der Waals surface area contributed by atoms with Crippen molar-refractivity contribution in [3.63, 3.8) is 0 Å². The predicted molar refractivity (Wildman–Crippen MR) is 36.1 cm³/mol. The summed E-state index contributed by atoms with van der Waals surface area (Å²) >= 11 is 0. The maximum absolute atomic E-state index is 10.6. The van der Waals surface area contributed by atoms with Crippen molar-refractivity contribution in [1.29, 1.82) is 0 Å². The van der Waals surface area contributed by atoms with Crippen molar-refractivity contribution < 1.29 is 9.00 Å². The lowest BCUT2D eigenvalue weighted by molar-refractivity contribution is -0.115. The first-order chi connectivity index (χ1) is 4.16. The average Bonchev–Trinajstić information content (AvgIpc) is 1.63. The van der Waals surface area contributed by atoms with Crippen LogP contribution in [0.2, 0.25) is 0 Å². The van der Waals surface area contributed by atoms with Crippen LogP contribution in [0.25, 0.3) is 0 Å². The number of carbonyl (C=O) groups excluding carboxylic acids is 1. The molecular weight excluding hydrogens is 140 g/mol. The number of hydrogen-bond donors (Lipinski definition) is 2. The molecular formula is C4H10N2O2S. The Hall–Kier alpha value is -0.420. The zero-order chi connectivity index (χ0) is 7.28. The van der Waals surface area contributed by atoms with Crippen molar-refractivity contribution in [2.45, 2.75) is 0 Å². The van der Waals surface area contributed by atoms with E-state index in [0.717, 1.165) is 0 Å². The number of primary amides is 1. The van der Waals surface area contributed by atoms with Crippen molar-refractivity contribution in [3.8, 4) is 0 Å². The van der Waals surface area contributed by atoms with Crippen LogP contribution in [0.5, 0.6) is 0 Å². The number of rotatable bonds is 4. The van der Waals surface area contributed by atoms with E-state index in [2.05, 4.69) is 0 Å². The molecule has 9 heavy (non-hydrogen) atoms. The third-order valence-electron chi connectivity index (χ3n) is 0.649. The minimum atomic E-state index is -1.15. The molecule has 0 aromatic carbocycles. The molecule has 54 valence electrons. The zero-order valence-corrected chi connectivity index (χ0v) is 5.82. The van der Waals surface area contributed by atoms with Crippen LogP contribution in [-0.4, -0.2) is 28.2 Å². The lowest BCUT2D eigenvalue weighted by Gasteiger charge is -1.93. The normalized spacial score (nSPS) is 13.0. The largest absolute Gasteiger partial charge is 0.369 e. The first-order valence-electron chi connectivity index (χ1n) is 2.50. The molecule has 4 N–H and O–H groups in total. The summed E-state index contributed by atoms with van der Waals surface area (Å²) in [7, 11) is -1.15. The Bertz CT molecular complexity index is 126. The highest BCUT2D eigenvalue weighted by atomic mass is 32.2. The van der Waals surface area contributed by atoms with Crippen LogP contribution in [0.1, 0.15) is 0 Å². The van der Waals surface area contributed by atoms with Crippen molar-refractivity contribution in [2.75, 3.05) is 18.1 Å². The smallest absolute Gasteiger partial charge is 0.230 e. The van der Waals surface area contributed by atoms with E-state index >= 15 is 0 Å². The van der Waals surface area contributed by atoms with Crippen LogP contribution in [0.15, 0.2) is 0 Å². The van der Waals surface area contributed by atoms with Crippen LogP contribution >= 0.6 is 0 Å². The molecule has 1 unspecified atom stereocenters. The molecule has 1 amide bonds. The number of carbonyl (C=O) groups is 1. The SMILES string of the molecule is NCCS(=O)CC(N)=O. The van der Waals surface area contributed by atoms with Gasteiger partial charge in [-0.05, 0) is 0 Å². The maximum Gasteiger partial charge on any atom is 0.230 e. The van der Waals surface area contributed by atoms with Gasteiger partial charge in [-0.3, -0.25) is 9.00 Å². The van der Waals surface area contributed by atoms with Gasteiger partial charge < -0.3 is 11.5 Å². The fourth-order valence-corrected chi connectivity index (χ4v) is 1.09. The van der Waals surface area contributed by atoms with Gasteiger partial charge in [0.15, 0.2) is 0 Å². The molecule has 0 radical (unpaired) electrons. The number of hydrogen-bond acceptors (Lipinski definition) is 3. The minimum Gasteiger partial charge on any atom is -0.369 e. The fourth-order valence-electron chi connectivity index (χ4n) is 0.362. The second-order valence-electron chi connectivity index (χ2n) is 1.54. The van der Waals surface area contributed by atoms with E-state index in [4.69, 9.17) is 11.5 Å². The molecule has 0 aliphatic carbocycles.